The van der Waals surface area contributed by atoms with Gasteiger partial charge in [-0.1, -0.05) is 0 Å². The third-order valence-electron chi connectivity index (χ3n) is 2.30. The number of halogens is 1. The molecule has 0 aliphatic carbocycles. The standard InChI is InChI=1S/C9H12FN3/c1-7-8(10)6-11-9(12-7)13-4-2-3-5-13/h6H,2-5H2,1H3. The summed E-state index contributed by atoms with van der Waals surface area (Å²) >= 11 is 0. The fraction of sp³-hybridized carbons (Fsp3) is 0.556. The second-order valence-electron chi connectivity index (χ2n) is 3.30. The van der Waals surface area contributed by atoms with Gasteiger partial charge in [-0.15, -0.1) is 0 Å². The van der Waals surface area contributed by atoms with E-state index in [1.54, 1.807) is 6.92 Å². The molecule has 1 aromatic heterocycles. The molecule has 1 aliphatic heterocycles. The van der Waals surface area contributed by atoms with Crippen LogP contribution in [0.5, 0.6) is 0 Å². The van der Waals surface area contributed by atoms with Crippen LogP contribution in [-0.4, -0.2) is 23.1 Å². The van der Waals surface area contributed by atoms with Gasteiger partial charge in [0.25, 0.3) is 0 Å². The summed E-state index contributed by atoms with van der Waals surface area (Å²) in [7, 11) is 0. The van der Waals surface area contributed by atoms with Crippen molar-refractivity contribution in [2.75, 3.05) is 18.0 Å². The molecule has 70 valence electrons. The van der Waals surface area contributed by atoms with E-state index in [2.05, 4.69) is 14.9 Å². The van der Waals surface area contributed by atoms with E-state index in [1.165, 1.54) is 19.0 Å². The lowest BCUT2D eigenvalue weighted by Crippen LogP contribution is -2.20. The Hall–Kier alpha value is -1.19. The highest BCUT2D eigenvalue weighted by Crippen LogP contribution is 2.15. The van der Waals surface area contributed by atoms with Crippen molar-refractivity contribution in [3.05, 3.63) is 17.7 Å². The van der Waals surface area contributed by atoms with Gasteiger partial charge in [-0.25, -0.2) is 14.4 Å². The highest BCUT2D eigenvalue weighted by molar-refractivity contribution is 5.31. The van der Waals surface area contributed by atoms with Crippen LogP contribution in [0.15, 0.2) is 6.20 Å². The van der Waals surface area contributed by atoms with E-state index in [0.717, 1.165) is 13.1 Å². The Balaban J connectivity index is 2.25. The molecular weight excluding hydrogens is 169 g/mol. The quantitative estimate of drug-likeness (QED) is 0.657. The molecule has 0 bridgehead atoms. The van der Waals surface area contributed by atoms with Crippen molar-refractivity contribution < 1.29 is 4.39 Å². The first-order valence-corrected chi connectivity index (χ1v) is 4.51. The molecule has 0 amide bonds. The highest BCUT2D eigenvalue weighted by atomic mass is 19.1. The summed E-state index contributed by atoms with van der Waals surface area (Å²) in [6, 6.07) is 0. The van der Waals surface area contributed by atoms with E-state index in [-0.39, 0.29) is 5.82 Å². The van der Waals surface area contributed by atoms with E-state index < -0.39 is 0 Å². The molecule has 0 radical (unpaired) electrons. The van der Waals surface area contributed by atoms with E-state index in [4.69, 9.17) is 0 Å². The van der Waals surface area contributed by atoms with Gasteiger partial charge in [-0.2, -0.15) is 0 Å². The predicted octanol–water partition coefficient (Wildman–Crippen LogP) is 1.52. The molecule has 1 aliphatic rings. The lowest BCUT2D eigenvalue weighted by Gasteiger charge is -2.14. The summed E-state index contributed by atoms with van der Waals surface area (Å²) in [4.78, 5) is 10.1. The maximum absolute atomic E-state index is 12.8. The Morgan fingerprint density at radius 3 is 2.69 bits per heavy atom. The molecule has 0 saturated carbocycles. The Bertz CT molecular complexity index is 308. The van der Waals surface area contributed by atoms with Crippen LogP contribution in [0.3, 0.4) is 0 Å². The molecule has 4 heteroatoms. The van der Waals surface area contributed by atoms with Gasteiger partial charge in [-0.05, 0) is 19.8 Å². The Labute approximate surface area is 76.6 Å². The van der Waals surface area contributed by atoms with Crippen LogP contribution < -0.4 is 4.90 Å². The van der Waals surface area contributed by atoms with Crippen LogP contribution >= 0.6 is 0 Å². The minimum atomic E-state index is -0.331. The van der Waals surface area contributed by atoms with E-state index in [9.17, 15) is 4.39 Å². The number of hydrogen-bond donors (Lipinski definition) is 0. The number of hydrogen-bond acceptors (Lipinski definition) is 3. The maximum Gasteiger partial charge on any atom is 0.225 e. The van der Waals surface area contributed by atoms with Crippen molar-refractivity contribution in [2.45, 2.75) is 19.8 Å². The number of anilines is 1. The molecule has 0 unspecified atom stereocenters. The Kier molecular flexibility index (Phi) is 2.12. The second-order valence-corrected chi connectivity index (χ2v) is 3.30. The average molecular weight is 181 g/mol. The summed E-state index contributed by atoms with van der Waals surface area (Å²) < 4.78 is 12.8. The number of aryl methyl sites for hydroxylation is 1. The minimum absolute atomic E-state index is 0.331. The highest BCUT2D eigenvalue weighted by Gasteiger charge is 2.15. The molecule has 2 heterocycles. The maximum atomic E-state index is 12.8. The average Bonchev–Trinajstić information content (AvgIpc) is 2.62. The van der Waals surface area contributed by atoms with Crippen molar-refractivity contribution in [1.29, 1.82) is 0 Å². The topological polar surface area (TPSA) is 29.0 Å². The second kappa shape index (κ2) is 3.28. The summed E-state index contributed by atoms with van der Waals surface area (Å²) in [5.41, 5.74) is 0.428. The molecule has 0 spiro atoms. The molecule has 13 heavy (non-hydrogen) atoms. The van der Waals surface area contributed by atoms with E-state index >= 15 is 0 Å². The summed E-state index contributed by atoms with van der Waals surface area (Å²) in [5, 5.41) is 0. The zero-order chi connectivity index (χ0) is 9.26. The van der Waals surface area contributed by atoms with Crippen LogP contribution in [0.4, 0.5) is 10.3 Å². The molecule has 3 nitrogen and oxygen atoms in total. The van der Waals surface area contributed by atoms with Crippen LogP contribution in [0.25, 0.3) is 0 Å². The van der Waals surface area contributed by atoms with Crippen molar-refractivity contribution >= 4 is 5.95 Å². The van der Waals surface area contributed by atoms with Gasteiger partial charge >= 0.3 is 0 Å². The van der Waals surface area contributed by atoms with Gasteiger partial charge in [0.15, 0.2) is 5.82 Å². The predicted molar refractivity (Wildman–Crippen MR) is 48.2 cm³/mol. The largest absolute Gasteiger partial charge is 0.341 e. The normalized spacial score (nSPS) is 16.6. The fourth-order valence-corrected chi connectivity index (χ4v) is 1.51. The van der Waals surface area contributed by atoms with Crippen LogP contribution in [0.2, 0.25) is 0 Å². The number of rotatable bonds is 1. The van der Waals surface area contributed by atoms with Gasteiger partial charge < -0.3 is 4.90 Å². The molecule has 0 atom stereocenters. The van der Waals surface area contributed by atoms with E-state index in [0.29, 0.717) is 11.6 Å². The first-order valence-electron chi connectivity index (χ1n) is 4.51. The molecule has 0 N–H and O–H groups in total. The van der Waals surface area contributed by atoms with Crippen molar-refractivity contribution in [3.63, 3.8) is 0 Å². The number of aromatic nitrogens is 2. The molecule has 1 fully saturated rings. The SMILES string of the molecule is Cc1nc(N2CCCC2)ncc1F. The zero-order valence-electron chi connectivity index (χ0n) is 7.63. The Morgan fingerprint density at radius 1 is 1.38 bits per heavy atom. The number of nitrogens with zero attached hydrogens (tertiary/aromatic N) is 3. The summed E-state index contributed by atoms with van der Waals surface area (Å²) in [5.74, 6) is 0.333. The van der Waals surface area contributed by atoms with Crippen LogP contribution in [-0.2, 0) is 0 Å². The Morgan fingerprint density at radius 2 is 2.08 bits per heavy atom. The van der Waals surface area contributed by atoms with Crippen molar-refractivity contribution in [2.24, 2.45) is 0 Å². The lowest BCUT2D eigenvalue weighted by atomic mass is 10.4. The zero-order valence-corrected chi connectivity index (χ0v) is 7.63. The van der Waals surface area contributed by atoms with Crippen LogP contribution in [0.1, 0.15) is 18.5 Å². The molecule has 1 aromatic rings. The molecular formula is C9H12FN3. The molecule has 0 aromatic carbocycles. The third kappa shape index (κ3) is 1.61. The monoisotopic (exact) mass is 181 g/mol. The van der Waals surface area contributed by atoms with Gasteiger partial charge in [0.2, 0.25) is 5.95 Å². The van der Waals surface area contributed by atoms with E-state index in [1.807, 2.05) is 0 Å². The third-order valence-corrected chi connectivity index (χ3v) is 2.30. The first kappa shape index (κ1) is 8.41. The molecule has 2 rings (SSSR count). The fourth-order valence-electron chi connectivity index (χ4n) is 1.51. The van der Waals surface area contributed by atoms with Crippen LogP contribution in [0, 0.1) is 12.7 Å². The summed E-state index contributed by atoms with van der Waals surface area (Å²) in [6.07, 6.45) is 3.61. The molecule has 1 saturated heterocycles. The van der Waals surface area contributed by atoms with Gasteiger partial charge in [0.05, 0.1) is 11.9 Å². The van der Waals surface area contributed by atoms with Crippen molar-refractivity contribution in [1.82, 2.24) is 9.97 Å². The summed E-state index contributed by atoms with van der Waals surface area (Å²) in [6.45, 7) is 3.65. The van der Waals surface area contributed by atoms with Gasteiger partial charge in [0.1, 0.15) is 0 Å². The van der Waals surface area contributed by atoms with Gasteiger partial charge in [0, 0.05) is 13.1 Å². The lowest BCUT2D eigenvalue weighted by molar-refractivity contribution is 0.600. The first-order chi connectivity index (χ1) is 6.27. The van der Waals surface area contributed by atoms with Crippen molar-refractivity contribution in [3.8, 4) is 0 Å². The van der Waals surface area contributed by atoms with Gasteiger partial charge in [-0.3, -0.25) is 0 Å². The smallest absolute Gasteiger partial charge is 0.225 e. The minimum Gasteiger partial charge on any atom is -0.341 e.